The smallest absolute Gasteiger partial charge is 0.259 e. The first-order chi connectivity index (χ1) is 15.1. The van der Waals surface area contributed by atoms with Gasteiger partial charge in [0.15, 0.2) is 0 Å². The zero-order valence-corrected chi connectivity index (χ0v) is 17.4. The van der Waals surface area contributed by atoms with Crippen LogP contribution in [0.25, 0.3) is 0 Å². The molecule has 0 atom stereocenters. The van der Waals surface area contributed by atoms with E-state index in [-0.39, 0.29) is 17.6 Å². The summed E-state index contributed by atoms with van der Waals surface area (Å²) in [6, 6.07) is 19.2. The summed E-state index contributed by atoms with van der Waals surface area (Å²) >= 11 is 0. The minimum Gasteiger partial charge on any atom is -0.493 e. The Morgan fingerprint density at radius 3 is 2.35 bits per heavy atom. The summed E-state index contributed by atoms with van der Waals surface area (Å²) < 4.78 is 18.8. The van der Waals surface area contributed by atoms with Crippen molar-refractivity contribution >= 4 is 23.2 Å². The van der Waals surface area contributed by atoms with E-state index >= 15 is 0 Å². The fourth-order valence-electron chi connectivity index (χ4n) is 2.99. The minimum absolute atomic E-state index is 0.317. The number of benzene rings is 3. The number of hydrogen-bond acceptors (Lipinski definition) is 3. The van der Waals surface area contributed by atoms with Crippen molar-refractivity contribution in [3.63, 3.8) is 0 Å². The molecule has 0 heterocycles. The van der Waals surface area contributed by atoms with Crippen LogP contribution in [-0.4, -0.2) is 18.4 Å². The Morgan fingerprint density at radius 2 is 1.58 bits per heavy atom. The largest absolute Gasteiger partial charge is 0.493 e. The number of carbonyl (C=O) groups excluding carboxylic acids is 2. The number of para-hydroxylation sites is 1. The molecule has 6 heteroatoms. The van der Waals surface area contributed by atoms with E-state index in [4.69, 9.17) is 4.74 Å². The van der Waals surface area contributed by atoms with Gasteiger partial charge >= 0.3 is 0 Å². The molecule has 0 fully saturated rings. The molecular formula is C25H25FN2O3. The predicted molar refractivity (Wildman–Crippen MR) is 120 cm³/mol. The van der Waals surface area contributed by atoms with Gasteiger partial charge in [-0.25, -0.2) is 4.39 Å². The van der Waals surface area contributed by atoms with E-state index in [1.165, 1.54) is 24.3 Å². The average molecular weight is 420 g/mol. The first-order valence-corrected chi connectivity index (χ1v) is 10.3. The normalized spacial score (nSPS) is 10.4. The minimum atomic E-state index is -0.377. The monoisotopic (exact) mass is 420 g/mol. The molecule has 2 N–H and O–H groups in total. The van der Waals surface area contributed by atoms with Gasteiger partial charge in [0.25, 0.3) is 11.8 Å². The standard InChI is InChI=1S/C25H25FN2O3/c1-2-3-6-16-31-23-11-5-4-10-22(23)25(30)28-21-9-7-8-18(17-21)24(29)27-20-14-12-19(26)13-15-20/h4-5,7-15,17H,2-3,6,16H2,1H3,(H,27,29)(H,28,30). The first-order valence-electron chi connectivity index (χ1n) is 10.3. The zero-order valence-electron chi connectivity index (χ0n) is 17.4. The van der Waals surface area contributed by atoms with Crippen molar-refractivity contribution in [1.82, 2.24) is 0 Å². The molecule has 0 spiro atoms. The van der Waals surface area contributed by atoms with Gasteiger partial charge < -0.3 is 15.4 Å². The highest BCUT2D eigenvalue weighted by Gasteiger charge is 2.14. The Bertz CT molecular complexity index is 1030. The van der Waals surface area contributed by atoms with Gasteiger partial charge in [-0.2, -0.15) is 0 Å². The fourth-order valence-corrected chi connectivity index (χ4v) is 2.99. The van der Waals surface area contributed by atoms with Crippen molar-refractivity contribution in [2.45, 2.75) is 26.2 Å². The number of anilines is 2. The Labute approximate surface area is 181 Å². The van der Waals surface area contributed by atoms with Crippen LogP contribution in [0, 0.1) is 5.82 Å². The van der Waals surface area contributed by atoms with E-state index in [0.717, 1.165) is 19.3 Å². The Hall–Kier alpha value is -3.67. The predicted octanol–water partition coefficient (Wildman–Crippen LogP) is 5.90. The summed E-state index contributed by atoms with van der Waals surface area (Å²) in [6.07, 6.45) is 3.09. The number of unbranched alkanes of at least 4 members (excludes halogenated alkanes) is 2. The fraction of sp³-hybridized carbons (Fsp3) is 0.200. The molecule has 2 amide bonds. The molecule has 31 heavy (non-hydrogen) atoms. The third kappa shape index (κ3) is 6.40. The van der Waals surface area contributed by atoms with Crippen LogP contribution in [0.15, 0.2) is 72.8 Å². The molecule has 0 radical (unpaired) electrons. The summed E-state index contributed by atoms with van der Waals surface area (Å²) in [5.74, 6) is -0.525. The summed E-state index contributed by atoms with van der Waals surface area (Å²) in [5.41, 5.74) is 1.76. The lowest BCUT2D eigenvalue weighted by Gasteiger charge is -2.12. The molecule has 160 valence electrons. The number of carbonyl (C=O) groups is 2. The average Bonchev–Trinajstić information content (AvgIpc) is 2.78. The lowest BCUT2D eigenvalue weighted by Crippen LogP contribution is -2.15. The van der Waals surface area contributed by atoms with Gasteiger partial charge in [-0.15, -0.1) is 0 Å². The van der Waals surface area contributed by atoms with E-state index in [9.17, 15) is 14.0 Å². The number of rotatable bonds is 9. The van der Waals surface area contributed by atoms with Gasteiger partial charge in [-0.1, -0.05) is 38.0 Å². The summed E-state index contributed by atoms with van der Waals surface area (Å²) in [5, 5.41) is 5.52. The molecule has 3 aromatic carbocycles. The number of amides is 2. The molecule has 0 aromatic heterocycles. The van der Waals surface area contributed by atoms with E-state index in [0.29, 0.717) is 34.9 Å². The van der Waals surface area contributed by atoms with Gasteiger partial charge in [-0.3, -0.25) is 9.59 Å². The van der Waals surface area contributed by atoms with Crippen molar-refractivity contribution in [1.29, 1.82) is 0 Å². The third-order valence-electron chi connectivity index (χ3n) is 4.62. The first kappa shape index (κ1) is 22.0. The van der Waals surface area contributed by atoms with Gasteiger partial charge in [0.2, 0.25) is 0 Å². The molecule has 0 aliphatic carbocycles. The van der Waals surface area contributed by atoms with E-state index in [2.05, 4.69) is 17.6 Å². The SMILES string of the molecule is CCCCCOc1ccccc1C(=O)Nc1cccc(C(=O)Nc2ccc(F)cc2)c1. The van der Waals surface area contributed by atoms with E-state index in [1.807, 2.05) is 6.07 Å². The van der Waals surface area contributed by atoms with Crippen molar-refractivity contribution in [3.05, 3.63) is 89.7 Å². The third-order valence-corrected chi connectivity index (χ3v) is 4.62. The lowest BCUT2D eigenvalue weighted by atomic mass is 10.1. The second kappa shape index (κ2) is 10.9. The molecule has 0 aliphatic heterocycles. The Kier molecular flexibility index (Phi) is 7.76. The number of hydrogen-bond donors (Lipinski definition) is 2. The van der Waals surface area contributed by atoms with Gasteiger partial charge in [0, 0.05) is 16.9 Å². The van der Waals surface area contributed by atoms with Crippen molar-refractivity contribution < 1.29 is 18.7 Å². The van der Waals surface area contributed by atoms with E-state index in [1.54, 1.807) is 42.5 Å². The van der Waals surface area contributed by atoms with Crippen molar-refractivity contribution in [3.8, 4) is 5.75 Å². The summed E-state index contributed by atoms with van der Waals surface area (Å²) in [6.45, 7) is 2.67. The second-order valence-electron chi connectivity index (χ2n) is 7.05. The number of ether oxygens (including phenoxy) is 1. The van der Waals surface area contributed by atoms with Gasteiger partial charge in [0.05, 0.1) is 12.2 Å². The molecule has 0 saturated heterocycles. The Morgan fingerprint density at radius 1 is 0.839 bits per heavy atom. The molecule has 3 rings (SSSR count). The maximum Gasteiger partial charge on any atom is 0.259 e. The van der Waals surface area contributed by atoms with E-state index < -0.39 is 0 Å². The number of nitrogens with one attached hydrogen (secondary N) is 2. The molecular weight excluding hydrogens is 395 g/mol. The number of halogens is 1. The van der Waals surface area contributed by atoms with Crippen LogP contribution >= 0.6 is 0 Å². The van der Waals surface area contributed by atoms with Crippen LogP contribution in [0.4, 0.5) is 15.8 Å². The van der Waals surface area contributed by atoms with Gasteiger partial charge in [0.1, 0.15) is 11.6 Å². The van der Waals surface area contributed by atoms with Gasteiger partial charge in [-0.05, 0) is 61.0 Å². The summed E-state index contributed by atoms with van der Waals surface area (Å²) in [4.78, 5) is 25.3. The van der Waals surface area contributed by atoms with Crippen LogP contribution in [-0.2, 0) is 0 Å². The molecule has 0 unspecified atom stereocenters. The van der Waals surface area contributed by atoms with Crippen LogP contribution < -0.4 is 15.4 Å². The van der Waals surface area contributed by atoms with Crippen molar-refractivity contribution in [2.75, 3.05) is 17.2 Å². The second-order valence-corrected chi connectivity index (χ2v) is 7.05. The highest BCUT2D eigenvalue weighted by molar-refractivity contribution is 6.08. The highest BCUT2D eigenvalue weighted by atomic mass is 19.1. The zero-order chi connectivity index (χ0) is 22.1. The highest BCUT2D eigenvalue weighted by Crippen LogP contribution is 2.21. The van der Waals surface area contributed by atoms with Crippen molar-refractivity contribution in [2.24, 2.45) is 0 Å². The summed E-state index contributed by atoms with van der Waals surface area (Å²) in [7, 11) is 0. The van der Waals surface area contributed by atoms with Crippen LogP contribution in [0.1, 0.15) is 46.9 Å². The maximum absolute atomic E-state index is 13.0. The molecule has 0 saturated carbocycles. The lowest BCUT2D eigenvalue weighted by molar-refractivity contribution is 0.101. The molecule has 0 aliphatic rings. The van der Waals surface area contributed by atoms with Crippen LogP contribution in [0.2, 0.25) is 0 Å². The molecule has 0 bridgehead atoms. The topological polar surface area (TPSA) is 67.4 Å². The Balaban J connectivity index is 1.67. The maximum atomic E-state index is 13.0. The van der Waals surface area contributed by atoms with Crippen LogP contribution in [0.3, 0.4) is 0 Å². The molecule has 3 aromatic rings. The van der Waals surface area contributed by atoms with Crippen LogP contribution in [0.5, 0.6) is 5.75 Å². The quantitative estimate of drug-likeness (QED) is 0.424. The molecule has 5 nitrogen and oxygen atoms in total.